The summed E-state index contributed by atoms with van der Waals surface area (Å²) in [5, 5.41) is 1.08. The van der Waals surface area contributed by atoms with Gasteiger partial charge in [-0.2, -0.15) is 0 Å². The van der Waals surface area contributed by atoms with E-state index in [-0.39, 0.29) is 6.10 Å². The number of methoxy groups -OCH3 is 1. The first kappa shape index (κ1) is 14.6. The highest BCUT2D eigenvalue weighted by Gasteiger charge is 2.19. The van der Waals surface area contributed by atoms with Crippen LogP contribution < -0.4 is 5.73 Å². The van der Waals surface area contributed by atoms with E-state index in [0.717, 1.165) is 16.5 Å². The molecule has 2 rings (SSSR count). The number of para-hydroxylation sites is 1. The molecule has 3 N–H and O–H groups in total. The molecule has 0 spiro atoms. The third kappa shape index (κ3) is 3.37. The van der Waals surface area contributed by atoms with Crippen LogP contribution in [0.3, 0.4) is 0 Å². The van der Waals surface area contributed by atoms with Crippen LogP contribution in [0.15, 0.2) is 30.5 Å². The van der Waals surface area contributed by atoms with E-state index < -0.39 is 12.0 Å². The molecule has 0 saturated carbocycles. The van der Waals surface area contributed by atoms with Crippen LogP contribution in [0, 0.1) is 0 Å². The summed E-state index contributed by atoms with van der Waals surface area (Å²) in [7, 11) is 1.57. The van der Waals surface area contributed by atoms with Crippen molar-refractivity contribution in [1.82, 2.24) is 4.98 Å². The number of benzene rings is 1. The van der Waals surface area contributed by atoms with Crippen molar-refractivity contribution in [3.8, 4) is 0 Å². The molecule has 2 atom stereocenters. The predicted octanol–water partition coefficient (Wildman–Crippen LogP) is 1.62. The molecule has 108 valence electrons. The Morgan fingerprint density at radius 2 is 2.15 bits per heavy atom. The lowest BCUT2D eigenvalue weighted by molar-refractivity contribution is -0.152. The summed E-state index contributed by atoms with van der Waals surface area (Å²) in [5.41, 5.74) is 7.97. The summed E-state index contributed by atoms with van der Waals surface area (Å²) >= 11 is 0. The zero-order valence-electron chi connectivity index (χ0n) is 11.8. The van der Waals surface area contributed by atoms with Crippen LogP contribution >= 0.6 is 0 Å². The lowest BCUT2D eigenvalue weighted by Crippen LogP contribution is -2.37. The molecule has 0 aliphatic heterocycles. The normalized spacial score (nSPS) is 14.2. The summed E-state index contributed by atoms with van der Waals surface area (Å²) in [6, 6.07) is 7.25. The molecule has 0 aliphatic carbocycles. The number of nitrogens with two attached hydrogens (primary N) is 1. The molecule has 1 aromatic heterocycles. The summed E-state index contributed by atoms with van der Waals surface area (Å²) in [6.45, 7) is 2.14. The number of rotatable bonds is 6. The minimum atomic E-state index is -0.673. The molecule has 1 unspecified atom stereocenters. The molecule has 0 fully saturated rings. The van der Waals surface area contributed by atoms with Gasteiger partial charge in [-0.1, -0.05) is 18.2 Å². The Bertz CT molecular complexity index is 579. The van der Waals surface area contributed by atoms with Crippen molar-refractivity contribution < 1.29 is 14.3 Å². The van der Waals surface area contributed by atoms with Gasteiger partial charge in [0.25, 0.3) is 0 Å². The zero-order valence-corrected chi connectivity index (χ0v) is 11.8. The maximum Gasteiger partial charge on any atom is 0.323 e. The first-order valence-corrected chi connectivity index (χ1v) is 6.61. The third-order valence-corrected chi connectivity index (χ3v) is 3.14. The monoisotopic (exact) mass is 276 g/mol. The smallest absolute Gasteiger partial charge is 0.323 e. The molecule has 0 saturated heterocycles. The fourth-order valence-corrected chi connectivity index (χ4v) is 2.18. The standard InChI is InChI=1S/C15H20N2O3/c1-10(9-19-2)20-15(18)13(16)7-11-8-17-14-6-4-3-5-12(11)14/h3-6,8,10,13,17H,7,9,16H2,1-2H3/t10?,13-/m0/s1. The summed E-state index contributed by atoms with van der Waals surface area (Å²) < 4.78 is 10.1. The molecule has 1 heterocycles. The van der Waals surface area contributed by atoms with E-state index in [2.05, 4.69) is 4.98 Å². The van der Waals surface area contributed by atoms with Gasteiger partial charge in [0.1, 0.15) is 12.1 Å². The Balaban J connectivity index is 2.00. The topological polar surface area (TPSA) is 77.3 Å². The Morgan fingerprint density at radius 3 is 2.90 bits per heavy atom. The van der Waals surface area contributed by atoms with Gasteiger partial charge in [0, 0.05) is 30.6 Å². The molecule has 0 radical (unpaired) electrons. The van der Waals surface area contributed by atoms with Crippen molar-refractivity contribution in [1.29, 1.82) is 0 Å². The molecule has 2 aromatic rings. The number of aromatic amines is 1. The average molecular weight is 276 g/mol. The van der Waals surface area contributed by atoms with E-state index in [1.54, 1.807) is 14.0 Å². The van der Waals surface area contributed by atoms with Gasteiger partial charge >= 0.3 is 5.97 Å². The highest BCUT2D eigenvalue weighted by atomic mass is 16.6. The average Bonchev–Trinajstić information content (AvgIpc) is 2.82. The van der Waals surface area contributed by atoms with Crippen LogP contribution in [0.5, 0.6) is 0 Å². The molecule has 5 heteroatoms. The van der Waals surface area contributed by atoms with E-state index in [1.807, 2.05) is 30.5 Å². The molecular weight excluding hydrogens is 256 g/mol. The number of carbonyl (C=O) groups is 1. The minimum absolute atomic E-state index is 0.290. The quantitative estimate of drug-likeness (QED) is 0.786. The van der Waals surface area contributed by atoms with Crippen molar-refractivity contribution >= 4 is 16.9 Å². The maximum atomic E-state index is 11.9. The van der Waals surface area contributed by atoms with Gasteiger partial charge in [-0.25, -0.2) is 0 Å². The van der Waals surface area contributed by atoms with Gasteiger partial charge in [-0.05, 0) is 18.6 Å². The summed E-state index contributed by atoms with van der Waals surface area (Å²) in [5.74, 6) is -0.403. The van der Waals surface area contributed by atoms with E-state index in [9.17, 15) is 4.79 Å². The number of esters is 1. The fourth-order valence-electron chi connectivity index (χ4n) is 2.18. The molecule has 0 bridgehead atoms. The van der Waals surface area contributed by atoms with E-state index in [4.69, 9.17) is 15.2 Å². The zero-order chi connectivity index (χ0) is 14.5. The largest absolute Gasteiger partial charge is 0.459 e. The van der Waals surface area contributed by atoms with Gasteiger partial charge < -0.3 is 20.2 Å². The highest BCUT2D eigenvalue weighted by Crippen LogP contribution is 2.19. The third-order valence-electron chi connectivity index (χ3n) is 3.14. The van der Waals surface area contributed by atoms with E-state index >= 15 is 0 Å². The lowest BCUT2D eigenvalue weighted by atomic mass is 10.1. The molecule has 5 nitrogen and oxygen atoms in total. The van der Waals surface area contributed by atoms with Gasteiger partial charge in [-0.15, -0.1) is 0 Å². The number of fused-ring (bicyclic) bond motifs is 1. The summed E-state index contributed by atoms with van der Waals surface area (Å²) in [6.07, 6.45) is 2.04. The van der Waals surface area contributed by atoms with Crippen LogP contribution in [0.4, 0.5) is 0 Å². The first-order chi connectivity index (χ1) is 9.61. The number of H-pyrrole nitrogens is 1. The second-order valence-corrected chi connectivity index (χ2v) is 4.87. The van der Waals surface area contributed by atoms with Crippen molar-refractivity contribution in [2.24, 2.45) is 5.73 Å². The number of hydrogen-bond acceptors (Lipinski definition) is 4. The molecule has 20 heavy (non-hydrogen) atoms. The van der Waals surface area contributed by atoms with Crippen molar-refractivity contribution in [2.75, 3.05) is 13.7 Å². The van der Waals surface area contributed by atoms with E-state index in [0.29, 0.717) is 13.0 Å². The first-order valence-electron chi connectivity index (χ1n) is 6.61. The Hall–Kier alpha value is -1.85. The number of carbonyl (C=O) groups excluding carboxylic acids is 1. The van der Waals surface area contributed by atoms with Gasteiger partial charge in [0.05, 0.1) is 6.61 Å². The second kappa shape index (κ2) is 6.54. The Labute approximate surface area is 118 Å². The predicted molar refractivity (Wildman–Crippen MR) is 77.4 cm³/mol. The van der Waals surface area contributed by atoms with Gasteiger partial charge in [0.2, 0.25) is 0 Å². The van der Waals surface area contributed by atoms with Crippen LogP contribution in [0.25, 0.3) is 10.9 Å². The molecule has 0 aliphatic rings. The maximum absolute atomic E-state index is 11.9. The van der Waals surface area contributed by atoms with Crippen LogP contribution in [0.2, 0.25) is 0 Å². The molecule has 1 aromatic carbocycles. The SMILES string of the molecule is COCC(C)OC(=O)[C@@H](N)Cc1c[nH]c2ccccc12. The summed E-state index contributed by atoms with van der Waals surface area (Å²) in [4.78, 5) is 15.0. The van der Waals surface area contributed by atoms with Crippen LogP contribution in [-0.2, 0) is 20.7 Å². The highest BCUT2D eigenvalue weighted by molar-refractivity contribution is 5.84. The van der Waals surface area contributed by atoms with Gasteiger partial charge in [-0.3, -0.25) is 4.79 Å². The minimum Gasteiger partial charge on any atom is -0.459 e. The number of aromatic nitrogens is 1. The second-order valence-electron chi connectivity index (χ2n) is 4.87. The van der Waals surface area contributed by atoms with Crippen molar-refractivity contribution in [3.63, 3.8) is 0 Å². The molecular formula is C15H20N2O3. The van der Waals surface area contributed by atoms with Crippen LogP contribution in [0.1, 0.15) is 12.5 Å². The van der Waals surface area contributed by atoms with Gasteiger partial charge in [0.15, 0.2) is 0 Å². The Kier molecular flexibility index (Phi) is 4.76. The Morgan fingerprint density at radius 1 is 1.40 bits per heavy atom. The van der Waals surface area contributed by atoms with E-state index in [1.165, 1.54) is 0 Å². The van der Waals surface area contributed by atoms with Crippen molar-refractivity contribution in [2.45, 2.75) is 25.5 Å². The van der Waals surface area contributed by atoms with Crippen LogP contribution in [-0.4, -0.2) is 36.8 Å². The number of nitrogens with one attached hydrogen (secondary N) is 1. The molecule has 0 amide bonds. The number of hydrogen-bond donors (Lipinski definition) is 2. The lowest BCUT2D eigenvalue weighted by Gasteiger charge is -2.16. The number of ether oxygens (including phenoxy) is 2. The van der Waals surface area contributed by atoms with Crippen molar-refractivity contribution in [3.05, 3.63) is 36.0 Å². The fraction of sp³-hybridized carbons (Fsp3) is 0.400.